The highest BCUT2D eigenvalue weighted by molar-refractivity contribution is 6.31. The summed E-state index contributed by atoms with van der Waals surface area (Å²) in [6.45, 7) is 6.66. The van der Waals surface area contributed by atoms with Crippen molar-refractivity contribution in [2.45, 2.75) is 45.9 Å². The lowest BCUT2D eigenvalue weighted by atomic mass is 10.0. The first-order valence-electron chi connectivity index (χ1n) is 20.9. The van der Waals surface area contributed by atoms with E-state index in [-0.39, 0.29) is 37.9 Å². The van der Waals surface area contributed by atoms with Gasteiger partial charge in [0.2, 0.25) is 0 Å². The maximum absolute atomic E-state index is 13.8. The molecule has 362 valence electrons. The number of hydrogen-bond acceptors (Lipinski definition) is 8. The number of carbonyl (C=O) groups is 1. The topological polar surface area (TPSA) is 135 Å². The number of ketones is 1. The van der Waals surface area contributed by atoms with Crippen LogP contribution in [-0.2, 0) is 0 Å². The number of nitrogens with zero attached hydrogens (tertiary/aromatic N) is 6. The van der Waals surface area contributed by atoms with Crippen molar-refractivity contribution in [1.29, 1.82) is 0 Å². The van der Waals surface area contributed by atoms with Crippen molar-refractivity contribution in [2.24, 2.45) is 0 Å². The third-order valence-corrected chi connectivity index (χ3v) is 11.8. The molecule has 4 heterocycles. The minimum atomic E-state index is -1.61. The molecule has 0 bridgehead atoms. The first-order valence-corrected chi connectivity index (χ1v) is 21.7. The van der Waals surface area contributed by atoms with Gasteiger partial charge in [-0.15, -0.1) is 0 Å². The SMILES string of the molecule is COc1cc(C(=O)c2cc(Cl)cn(C(C)c3cc(F)c(F)c(F)c3)c2=O)ccc1-n1cnc(C)c1.COc1cc(C(O)c2cc(Cl)cn([C@@H](C)c3cc(F)c(F)c(F)c3)c2=O)ccc1-n1cnc(C)c1. The monoisotopic (exact) mass is 1000 g/mol. The van der Waals surface area contributed by atoms with E-state index in [0.29, 0.717) is 28.4 Å². The number of aliphatic hydroxyl groups is 1. The Hall–Kier alpha value is -7.41. The van der Waals surface area contributed by atoms with E-state index < -0.39 is 70.0 Å². The van der Waals surface area contributed by atoms with Crippen molar-refractivity contribution in [3.8, 4) is 22.9 Å². The van der Waals surface area contributed by atoms with E-state index in [4.69, 9.17) is 32.7 Å². The Morgan fingerprint density at radius 3 is 1.50 bits per heavy atom. The van der Waals surface area contributed by atoms with Crippen LogP contribution in [0.3, 0.4) is 0 Å². The molecular formula is C50H40Cl2F6N6O6. The molecule has 0 aliphatic rings. The van der Waals surface area contributed by atoms with Crippen LogP contribution in [0.15, 0.2) is 120 Å². The second-order valence-corrected chi connectivity index (χ2v) is 16.8. The first-order chi connectivity index (χ1) is 33.2. The van der Waals surface area contributed by atoms with Crippen LogP contribution >= 0.6 is 23.2 Å². The van der Waals surface area contributed by atoms with Crippen LogP contribution in [0.2, 0.25) is 10.0 Å². The summed E-state index contributed by atoms with van der Waals surface area (Å²) in [5, 5.41) is 11.2. The molecule has 0 saturated carbocycles. The number of carbonyl (C=O) groups excluding carboxylic acids is 1. The number of pyridine rings is 2. The number of aromatic nitrogens is 6. The Bertz CT molecular complexity index is 3380. The van der Waals surface area contributed by atoms with Crippen LogP contribution in [0.25, 0.3) is 11.4 Å². The Labute approximate surface area is 405 Å². The number of ether oxygens (including phenoxy) is 2. The summed E-state index contributed by atoms with van der Waals surface area (Å²) in [5.74, 6) is -8.55. The number of benzene rings is 4. The van der Waals surface area contributed by atoms with Crippen LogP contribution < -0.4 is 20.6 Å². The summed E-state index contributed by atoms with van der Waals surface area (Å²) in [5.41, 5.74) is 1.80. The van der Waals surface area contributed by atoms with E-state index in [9.17, 15) is 45.8 Å². The van der Waals surface area contributed by atoms with Gasteiger partial charge >= 0.3 is 0 Å². The maximum Gasteiger partial charge on any atom is 0.262 e. The quantitative estimate of drug-likeness (QED) is 0.0726. The van der Waals surface area contributed by atoms with E-state index in [2.05, 4.69) is 9.97 Å². The molecule has 0 radical (unpaired) electrons. The number of imidazole rings is 2. The molecule has 0 saturated heterocycles. The summed E-state index contributed by atoms with van der Waals surface area (Å²) in [4.78, 5) is 48.1. The van der Waals surface area contributed by atoms with Gasteiger partial charge in [-0.1, -0.05) is 29.3 Å². The van der Waals surface area contributed by atoms with Gasteiger partial charge in [0.25, 0.3) is 11.1 Å². The molecule has 3 atom stereocenters. The van der Waals surface area contributed by atoms with Gasteiger partial charge in [-0.05, 0) is 111 Å². The number of halogens is 8. The van der Waals surface area contributed by atoms with Gasteiger partial charge in [-0.25, -0.2) is 36.3 Å². The highest BCUT2D eigenvalue weighted by atomic mass is 35.5. The van der Waals surface area contributed by atoms with E-state index in [1.807, 2.05) is 20.0 Å². The van der Waals surface area contributed by atoms with Crippen molar-refractivity contribution >= 4 is 29.0 Å². The Balaban J connectivity index is 0.000000206. The molecule has 0 fully saturated rings. The van der Waals surface area contributed by atoms with Crippen molar-refractivity contribution in [3.05, 3.63) is 221 Å². The average molecular weight is 1010 g/mol. The Kier molecular flexibility index (Phi) is 14.9. The molecule has 0 aliphatic heterocycles. The second-order valence-electron chi connectivity index (χ2n) is 16.0. The molecule has 1 N–H and O–H groups in total. The molecule has 0 amide bonds. The molecule has 4 aromatic heterocycles. The minimum absolute atomic E-state index is 0.00851. The highest BCUT2D eigenvalue weighted by Crippen LogP contribution is 2.32. The van der Waals surface area contributed by atoms with Crippen LogP contribution in [-0.4, -0.2) is 53.3 Å². The zero-order valence-corrected chi connectivity index (χ0v) is 39.3. The van der Waals surface area contributed by atoms with Gasteiger partial charge in [-0.2, -0.15) is 0 Å². The van der Waals surface area contributed by atoms with Crippen LogP contribution in [0.5, 0.6) is 11.5 Å². The van der Waals surface area contributed by atoms with E-state index in [1.165, 1.54) is 64.7 Å². The minimum Gasteiger partial charge on any atom is -0.495 e. The number of methoxy groups -OCH3 is 2. The van der Waals surface area contributed by atoms with Crippen LogP contribution in [0.1, 0.15) is 81.6 Å². The Morgan fingerprint density at radius 1 is 0.600 bits per heavy atom. The lowest BCUT2D eigenvalue weighted by Gasteiger charge is -2.20. The standard InChI is InChI=1S/C25H21ClF3N3O3.C25H19ClF3N3O3/c2*1-13-10-31(12-30-13)21-5-4-15(8-22(21)35-3)24(33)18-9-17(26)11-32(25(18)34)14(2)16-6-19(27)23(29)20(28)7-16/h4-12,14,24,33H,1-3H3;4-12,14H,1-3H3/t14-,24?;/m0./s1. The molecule has 12 nitrogen and oxygen atoms in total. The average Bonchev–Trinajstić information content (AvgIpc) is 3.99. The molecule has 20 heteroatoms. The molecule has 8 rings (SSSR count). The zero-order chi connectivity index (χ0) is 50.9. The van der Waals surface area contributed by atoms with Gasteiger partial charge in [0.1, 0.15) is 17.6 Å². The number of hydrogen-bond donors (Lipinski definition) is 1. The van der Waals surface area contributed by atoms with Gasteiger partial charge in [0.15, 0.2) is 40.7 Å². The van der Waals surface area contributed by atoms with Gasteiger partial charge < -0.3 is 32.8 Å². The Morgan fingerprint density at radius 2 is 1.04 bits per heavy atom. The van der Waals surface area contributed by atoms with Crippen molar-refractivity contribution < 1.29 is 45.7 Å². The summed E-state index contributed by atoms with van der Waals surface area (Å²) >= 11 is 12.4. The predicted molar refractivity (Wildman–Crippen MR) is 249 cm³/mol. The van der Waals surface area contributed by atoms with Crippen LogP contribution in [0.4, 0.5) is 26.3 Å². The summed E-state index contributed by atoms with van der Waals surface area (Å²) in [6.07, 6.45) is 7.98. The second kappa shape index (κ2) is 20.7. The van der Waals surface area contributed by atoms with Crippen molar-refractivity contribution in [2.75, 3.05) is 14.2 Å². The third-order valence-electron chi connectivity index (χ3n) is 11.3. The van der Waals surface area contributed by atoms with E-state index in [1.54, 1.807) is 52.3 Å². The molecule has 70 heavy (non-hydrogen) atoms. The lowest BCUT2D eigenvalue weighted by molar-refractivity contribution is 0.103. The fourth-order valence-electron chi connectivity index (χ4n) is 7.59. The predicted octanol–water partition coefficient (Wildman–Crippen LogP) is 10.4. The van der Waals surface area contributed by atoms with Crippen LogP contribution in [0, 0.1) is 48.8 Å². The first kappa shape index (κ1) is 50.5. The summed E-state index contributed by atoms with van der Waals surface area (Å²) < 4.78 is 98.4. The van der Waals surface area contributed by atoms with E-state index >= 15 is 0 Å². The smallest absolute Gasteiger partial charge is 0.262 e. The molecule has 8 aromatic rings. The third kappa shape index (κ3) is 10.3. The van der Waals surface area contributed by atoms with Gasteiger partial charge in [-0.3, -0.25) is 14.4 Å². The lowest BCUT2D eigenvalue weighted by Crippen LogP contribution is -2.29. The zero-order valence-electron chi connectivity index (χ0n) is 37.8. The van der Waals surface area contributed by atoms with Gasteiger partial charge in [0, 0.05) is 30.4 Å². The van der Waals surface area contributed by atoms with E-state index in [0.717, 1.165) is 44.8 Å². The number of aliphatic hydroxyl groups excluding tert-OH is 1. The molecule has 0 spiro atoms. The molecule has 4 aromatic carbocycles. The fourth-order valence-corrected chi connectivity index (χ4v) is 8.03. The maximum atomic E-state index is 13.8. The largest absolute Gasteiger partial charge is 0.495 e. The fraction of sp³-hybridized carbons (Fsp3) is 0.180. The number of rotatable bonds is 12. The molecule has 2 unspecified atom stereocenters. The molecular weight excluding hydrogens is 965 g/mol. The summed E-state index contributed by atoms with van der Waals surface area (Å²) in [6, 6.07) is 13.5. The molecule has 0 aliphatic carbocycles. The van der Waals surface area contributed by atoms with Gasteiger partial charge in [0.05, 0.1) is 82.9 Å². The van der Waals surface area contributed by atoms with Crippen molar-refractivity contribution in [1.82, 2.24) is 28.2 Å². The normalized spacial score (nSPS) is 12.5. The highest BCUT2D eigenvalue weighted by Gasteiger charge is 2.25. The number of aryl methyl sites for hydroxylation is 2. The van der Waals surface area contributed by atoms with Crippen molar-refractivity contribution in [3.63, 3.8) is 0 Å². The summed E-state index contributed by atoms with van der Waals surface area (Å²) in [7, 11) is 2.93.